The summed E-state index contributed by atoms with van der Waals surface area (Å²) in [5.74, 6) is 1.40. The molecule has 10 heteroatoms. The van der Waals surface area contributed by atoms with Crippen molar-refractivity contribution < 1.29 is 19.0 Å². The maximum Gasteiger partial charge on any atom is 0.413 e. The van der Waals surface area contributed by atoms with Crippen LogP contribution in [0.5, 0.6) is 11.5 Å². The number of hydrogen-bond donors (Lipinski definition) is 4. The van der Waals surface area contributed by atoms with Crippen LogP contribution in [0.2, 0.25) is 0 Å². The summed E-state index contributed by atoms with van der Waals surface area (Å²) < 4.78 is 20.5. The number of aryl methyl sites for hydroxylation is 2. The van der Waals surface area contributed by atoms with Crippen molar-refractivity contribution in [1.29, 1.82) is 16.2 Å². The van der Waals surface area contributed by atoms with Crippen molar-refractivity contribution in [2.45, 2.75) is 59.2 Å². The van der Waals surface area contributed by atoms with Crippen LogP contribution in [-0.2, 0) is 17.8 Å². The molecule has 10 nitrogen and oxygen atoms in total. The van der Waals surface area contributed by atoms with Crippen molar-refractivity contribution in [3.8, 4) is 11.5 Å². The van der Waals surface area contributed by atoms with E-state index in [-0.39, 0.29) is 5.84 Å². The number of ether oxygens (including phenoxy) is 3. The number of aromatic nitrogens is 2. The number of carbonyl (C=O) groups excluding carboxylic acids is 1. The zero-order valence-electron chi connectivity index (χ0n) is 23.0. The standard InChI is InChI=1S/C29H38N6O4/c1-21(30)22-7-11-24(12-8-22)37-19-5-15-34-17-18-35(27(34)32)16-6-20-38-25-13-9-23(10-14-25)26(31)33-28(36)39-29(2,3)4/h7-14,17-18,30,32H,5-6,15-16,19-20H2,1-4H3,(H2,31,33,36). The van der Waals surface area contributed by atoms with Gasteiger partial charge in [0.2, 0.25) is 5.62 Å². The SMILES string of the molecule is CC(=N)c1ccc(OCCCn2ccn(CCCOc3ccc(C(=N)NC(=O)OC(C)(C)C)cc3)c2=N)cc1. The molecule has 0 aliphatic heterocycles. The summed E-state index contributed by atoms with van der Waals surface area (Å²) in [5, 5.41) is 26.5. The molecular formula is C29H38N6O4. The number of nitrogens with one attached hydrogen (secondary N) is 4. The van der Waals surface area contributed by atoms with Gasteiger partial charge in [-0.15, -0.1) is 0 Å². The van der Waals surface area contributed by atoms with Gasteiger partial charge in [0.05, 0.1) is 13.2 Å². The summed E-state index contributed by atoms with van der Waals surface area (Å²) in [6.07, 6.45) is 4.65. The second kappa shape index (κ2) is 13.5. The van der Waals surface area contributed by atoms with Crippen molar-refractivity contribution in [1.82, 2.24) is 14.5 Å². The summed E-state index contributed by atoms with van der Waals surface area (Å²) in [6, 6.07) is 14.4. The fourth-order valence-electron chi connectivity index (χ4n) is 3.67. The Bertz CT molecular complexity index is 1320. The number of rotatable bonds is 12. The van der Waals surface area contributed by atoms with Crippen LogP contribution >= 0.6 is 0 Å². The first-order valence-electron chi connectivity index (χ1n) is 12.9. The number of imidazole rings is 1. The van der Waals surface area contributed by atoms with E-state index >= 15 is 0 Å². The fourth-order valence-corrected chi connectivity index (χ4v) is 3.67. The van der Waals surface area contributed by atoms with E-state index in [1.165, 1.54) is 0 Å². The highest BCUT2D eigenvalue weighted by Crippen LogP contribution is 2.14. The summed E-state index contributed by atoms with van der Waals surface area (Å²) in [7, 11) is 0. The molecule has 0 aliphatic carbocycles. The number of carbonyl (C=O) groups is 1. The van der Waals surface area contributed by atoms with E-state index in [0.717, 1.165) is 24.2 Å². The van der Waals surface area contributed by atoms with E-state index in [9.17, 15) is 4.79 Å². The zero-order chi connectivity index (χ0) is 28.4. The first kappa shape index (κ1) is 29.2. The Morgan fingerprint density at radius 1 is 0.821 bits per heavy atom. The smallest absolute Gasteiger partial charge is 0.413 e. The van der Waals surface area contributed by atoms with Crippen LogP contribution in [0, 0.1) is 16.2 Å². The van der Waals surface area contributed by atoms with E-state index in [0.29, 0.717) is 48.9 Å². The van der Waals surface area contributed by atoms with Crippen LogP contribution in [0.15, 0.2) is 60.9 Å². The molecule has 0 atom stereocenters. The lowest BCUT2D eigenvalue weighted by Gasteiger charge is -2.19. The molecule has 4 N–H and O–H groups in total. The molecule has 0 saturated heterocycles. The molecule has 1 aromatic heterocycles. The Morgan fingerprint density at radius 2 is 1.28 bits per heavy atom. The van der Waals surface area contributed by atoms with Gasteiger partial charge in [0.15, 0.2) is 0 Å². The van der Waals surface area contributed by atoms with Gasteiger partial charge in [-0.1, -0.05) is 0 Å². The van der Waals surface area contributed by atoms with Gasteiger partial charge in [0.1, 0.15) is 22.9 Å². The molecule has 0 fully saturated rings. The summed E-state index contributed by atoms with van der Waals surface area (Å²) >= 11 is 0. The lowest BCUT2D eigenvalue weighted by Crippen LogP contribution is -2.36. The first-order valence-corrected chi connectivity index (χ1v) is 12.9. The molecule has 0 unspecified atom stereocenters. The lowest BCUT2D eigenvalue weighted by molar-refractivity contribution is 0.0563. The largest absolute Gasteiger partial charge is 0.494 e. The first-order chi connectivity index (χ1) is 18.5. The summed E-state index contributed by atoms with van der Waals surface area (Å²) in [5.41, 5.74) is 1.76. The highest BCUT2D eigenvalue weighted by molar-refractivity contribution is 6.04. The predicted octanol–water partition coefficient (Wildman–Crippen LogP) is 4.95. The van der Waals surface area contributed by atoms with Crippen LogP contribution in [0.1, 0.15) is 51.7 Å². The number of hydrogen-bond acceptors (Lipinski definition) is 7. The van der Waals surface area contributed by atoms with Gasteiger partial charge in [-0.2, -0.15) is 0 Å². The molecule has 0 aliphatic rings. The maximum atomic E-state index is 11.8. The van der Waals surface area contributed by atoms with Gasteiger partial charge in [-0.3, -0.25) is 16.1 Å². The molecule has 0 saturated carbocycles. The van der Waals surface area contributed by atoms with Crippen LogP contribution < -0.4 is 20.4 Å². The lowest BCUT2D eigenvalue weighted by atomic mass is 10.1. The van der Waals surface area contributed by atoms with Gasteiger partial charge < -0.3 is 28.8 Å². The van der Waals surface area contributed by atoms with E-state index < -0.39 is 11.7 Å². The fraction of sp³-hybridized carbons (Fsp3) is 0.379. The third kappa shape index (κ3) is 9.48. The van der Waals surface area contributed by atoms with Gasteiger partial charge in [-0.05, 0) is 94.6 Å². The molecular weight excluding hydrogens is 496 g/mol. The molecule has 3 rings (SSSR count). The van der Waals surface area contributed by atoms with Gasteiger partial charge >= 0.3 is 6.09 Å². The minimum absolute atomic E-state index is 0.0426. The Hall–Kier alpha value is -4.34. The van der Waals surface area contributed by atoms with E-state index in [4.69, 9.17) is 30.4 Å². The molecule has 3 aromatic rings. The van der Waals surface area contributed by atoms with E-state index in [1.54, 1.807) is 52.0 Å². The summed E-state index contributed by atoms with van der Waals surface area (Å²) in [6.45, 7) is 9.42. The second-order valence-corrected chi connectivity index (χ2v) is 10.1. The molecule has 0 radical (unpaired) electrons. The van der Waals surface area contributed by atoms with Crippen LogP contribution in [0.3, 0.4) is 0 Å². The molecule has 0 bridgehead atoms. The van der Waals surface area contributed by atoms with Crippen molar-refractivity contribution in [3.63, 3.8) is 0 Å². The Balaban J connectivity index is 1.36. The average molecular weight is 535 g/mol. The van der Waals surface area contributed by atoms with Crippen molar-refractivity contribution in [2.24, 2.45) is 0 Å². The molecule has 2 aromatic carbocycles. The highest BCUT2D eigenvalue weighted by atomic mass is 16.6. The minimum Gasteiger partial charge on any atom is -0.494 e. The monoisotopic (exact) mass is 534 g/mol. The third-order valence-electron chi connectivity index (χ3n) is 5.65. The van der Waals surface area contributed by atoms with Crippen molar-refractivity contribution in [3.05, 3.63) is 77.7 Å². The molecule has 1 amide bonds. The topological polar surface area (TPSA) is 138 Å². The zero-order valence-corrected chi connectivity index (χ0v) is 23.0. The average Bonchev–Trinajstić information content (AvgIpc) is 3.23. The molecule has 1 heterocycles. The molecule has 0 spiro atoms. The Kier molecular flexibility index (Phi) is 10.1. The van der Waals surface area contributed by atoms with Gasteiger partial charge in [0, 0.05) is 36.8 Å². The third-order valence-corrected chi connectivity index (χ3v) is 5.65. The second-order valence-electron chi connectivity index (χ2n) is 10.1. The van der Waals surface area contributed by atoms with Crippen molar-refractivity contribution >= 4 is 17.6 Å². The van der Waals surface area contributed by atoms with Crippen LogP contribution in [-0.4, -0.2) is 45.6 Å². The molecule has 208 valence electrons. The number of amides is 1. The molecule has 39 heavy (non-hydrogen) atoms. The van der Waals surface area contributed by atoms with Gasteiger partial charge in [-0.25, -0.2) is 4.79 Å². The van der Waals surface area contributed by atoms with Crippen LogP contribution in [0.25, 0.3) is 0 Å². The Morgan fingerprint density at radius 3 is 1.72 bits per heavy atom. The van der Waals surface area contributed by atoms with Gasteiger partial charge in [0.25, 0.3) is 0 Å². The number of nitrogens with zero attached hydrogens (tertiary/aromatic N) is 2. The summed E-state index contributed by atoms with van der Waals surface area (Å²) in [4.78, 5) is 11.8. The number of amidine groups is 1. The number of benzene rings is 2. The maximum absolute atomic E-state index is 11.8. The number of alkyl carbamates (subject to hydrolysis) is 1. The minimum atomic E-state index is -0.665. The quantitative estimate of drug-likeness (QED) is 0.148. The predicted molar refractivity (Wildman–Crippen MR) is 150 cm³/mol. The van der Waals surface area contributed by atoms with Crippen molar-refractivity contribution in [2.75, 3.05) is 13.2 Å². The Labute approximate surface area is 229 Å². The normalized spacial score (nSPS) is 11.1. The van der Waals surface area contributed by atoms with E-state index in [2.05, 4.69) is 5.32 Å². The highest BCUT2D eigenvalue weighted by Gasteiger charge is 2.17. The van der Waals surface area contributed by atoms with E-state index in [1.807, 2.05) is 45.8 Å². The van der Waals surface area contributed by atoms with Crippen LogP contribution in [0.4, 0.5) is 4.79 Å².